The van der Waals surface area contributed by atoms with Crippen molar-refractivity contribution in [2.75, 3.05) is 0 Å². The minimum atomic E-state index is 0.119. The predicted molar refractivity (Wildman–Crippen MR) is 190 cm³/mol. The summed E-state index contributed by atoms with van der Waals surface area (Å²) in [4.78, 5) is 5.09. The average Bonchev–Trinajstić information content (AvgIpc) is 3.44. The number of pyridine rings is 1. The van der Waals surface area contributed by atoms with E-state index in [1.807, 2.05) is 0 Å². The topological polar surface area (TPSA) is 12.9 Å². The molecule has 1 heterocycles. The van der Waals surface area contributed by atoms with Crippen molar-refractivity contribution < 1.29 is 0 Å². The zero-order valence-electron chi connectivity index (χ0n) is 26.6. The van der Waals surface area contributed by atoms with Gasteiger partial charge < -0.3 is 0 Å². The molecule has 0 N–H and O–H groups in total. The normalized spacial score (nSPS) is 12.7. The van der Waals surface area contributed by atoms with Gasteiger partial charge in [0.25, 0.3) is 0 Å². The number of hydrogen-bond donors (Lipinski definition) is 0. The Morgan fingerprint density at radius 2 is 0.886 bits per heavy atom. The van der Waals surface area contributed by atoms with Crippen molar-refractivity contribution in [2.45, 2.75) is 52.4 Å². The van der Waals surface area contributed by atoms with E-state index in [1.54, 1.807) is 0 Å². The lowest BCUT2D eigenvalue weighted by Crippen LogP contribution is -2.10. The van der Waals surface area contributed by atoms with Crippen molar-refractivity contribution in [3.8, 4) is 44.6 Å². The van der Waals surface area contributed by atoms with Gasteiger partial charge in [0.1, 0.15) is 0 Å². The number of nitrogens with zero attached hydrogens (tertiary/aromatic N) is 1. The molecule has 0 amide bonds. The maximum Gasteiger partial charge on any atom is 0.0721 e. The minimum absolute atomic E-state index is 0.119. The highest BCUT2D eigenvalue weighted by atomic mass is 14.7. The van der Waals surface area contributed by atoms with Gasteiger partial charge in [-0.25, -0.2) is 4.98 Å². The molecule has 1 heteroatoms. The number of aromatic nitrogens is 1. The highest BCUT2D eigenvalue weighted by molar-refractivity contribution is 6.04. The van der Waals surface area contributed by atoms with E-state index < -0.39 is 0 Å². The summed E-state index contributed by atoms with van der Waals surface area (Å²) in [6.45, 7) is 13.6. The Morgan fingerprint density at radius 3 is 1.45 bits per heavy atom. The zero-order valence-corrected chi connectivity index (χ0v) is 26.6. The van der Waals surface area contributed by atoms with Crippen molar-refractivity contribution >= 4 is 23.1 Å². The summed E-state index contributed by atoms with van der Waals surface area (Å²) in [6.07, 6.45) is 4.40. The van der Waals surface area contributed by atoms with Gasteiger partial charge in [-0.3, -0.25) is 0 Å². The van der Waals surface area contributed by atoms with Crippen LogP contribution >= 0.6 is 0 Å². The molecular weight excluding hydrogens is 530 g/mol. The van der Waals surface area contributed by atoms with Gasteiger partial charge in [0.2, 0.25) is 0 Å². The third kappa shape index (κ3) is 5.28. The van der Waals surface area contributed by atoms with E-state index in [1.165, 1.54) is 61.0 Å². The lowest BCUT2D eigenvalue weighted by molar-refractivity contribution is 0.590. The Labute approximate surface area is 262 Å². The van der Waals surface area contributed by atoms with Crippen LogP contribution in [0.15, 0.2) is 115 Å². The van der Waals surface area contributed by atoms with Gasteiger partial charge in [0.15, 0.2) is 0 Å². The second-order valence-corrected chi connectivity index (χ2v) is 14.2. The fraction of sp³-hybridized carbons (Fsp3) is 0.186. The highest BCUT2D eigenvalue weighted by Crippen LogP contribution is 2.37. The molecule has 0 saturated heterocycles. The van der Waals surface area contributed by atoms with E-state index in [2.05, 4.69) is 169 Å². The zero-order chi connectivity index (χ0) is 30.6. The van der Waals surface area contributed by atoms with E-state index in [-0.39, 0.29) is 10.8 Å². The Bertz CT molecular complexity index is 1970. The molecular formula is C43H39N. The summed E-state index contributed by atoms with van der Waals surface area (Å²) >= 11 is 0. The van der Waals surface area contributed by atoms with E-state index in [9.17, 15) is 0 Å². The smallest absolute Gasteiger partial charge is 0.0721 e. The largest absolute Gasteiger partial charge is 0.248 e. The second kappa shape index (κ2) is 10.5. The molecule has 0 fully saturated rings. The maximum absolute atomic E-state index is 5.09. The fourth-order valence-electron chi connectivity index (χ4n) is 6.26. The van der Waals surface area contributed by atoms with Crippen LogP contribution in [0.4, 0.5) is 0 Å². The van der Waals surface area contributed by atoms with Crippen molar-refractivity contribution in [1.82, 2.24) is 4.98 Å². The molecule has 0 aliphatic heterocycles. The van der Waals surface area contributed by atoms with Crippen LogP contribution in [0.25, 0.3) is 67.7 Å². The van der Waals surface area contributed by atoms with Crippen LogP contribution in [0.1, 0.15) is 63.8 Å². The molecule has 1 aliphatic carbocycles. The molecule has 0 radical (unpaired) electrons. The summed E-state index contributed by atoms with van der Waals surface area (Å²) < 4.78 is 0. The maximum atomic E-state index is 5.09. The molecule has 1 aliphatic rings. The summed E-state index contributed by atoms with van der Waals surface area (Å²) in [7, 11) is 0. The summed E-state index contributed by atoms with van der Waals surface area (Å²) in [5, 5.41) is 1.25. The van der Waals surface area contributed by atoms with Gasteiger partial charge in [0.05, 0.1) is 11.2 Å². The van der Waals surface area contributed by atoms with Gasteiger partial charge in [-0.05, 0) is 103 Å². The first kappa shape index (κ1) is 28.0. The van der Waals surface area contributed by atoms with Gasteiger partial charge >= 0.3 is 0 Å². The summed E-state index contributed by atoms with van der Waals surface area (Å²) in [6, 6.07) is 42.6. The molecule has 5 aromatic carbocycles. The van der Waals surface area contributed by atoms with Crippen molar-refractivity contribution in [1.29, 1.82) is 0 Å². The van der Waals surface area contributed by atoms with Gasteiger partial charge in [0, 0.05) is 10.9 Å². The molecule has 6 aromatic rings. The first-order chi connectivity index (χ1) is 21.0. The van der Waals surface area contributed by atoms with E-state index in [4.69, 9.17) is 4.98 Å². The third-order valence-electron chi connectivity index (χ3n) is 8.93. The van der Waals surface area contributed by atoms with Gasteiger partial charge in [-0.1, -0.05) is 133 Å². The highest BCUT2D eigenvalue weighted by Gasteiger charge is 2.17. The molecule has 7 rings (SSSR count). The Morgan fingerprint density at radius 1 is 0.409 bits per heavy atom. The molecule has 0 saturated carbocycles. The molecule has 0 bridgehead atoms. The van der Waals surface area contributed by atoms with Crippen LogP contribution < -0.4 is 0 Å². The van der Waals surface area contributed by atoms with E-state index in [0.29, 0.717) is 0 Å². The van der Waals surface area contributed by atoms with Gasteiger partial charge in [-0.15, -0.1) is 0 Å². The number of hydrogen-bond acceptors (Lipinski definition) is 1. The Kier molecular flexibility index (Phi) is 6.66. The number of benzene rings is 5. The summed E-state index contributed by atoms with van der Waals surface area (Å²) in [5.41, 5.74) is 15.9. The quantitative estimate of drug-likeness (QED) is 0.205. The molecule has 44 heavy (non-hydrogen) atoms. The molecule has 0 atom stereocenters. The van der Waals surface area contributed by atoms with Crippen molar-refractivity contribution in [2.24, 2.45) is 0 Å². The van der Waals surface area contributed by atoms with Crippen LogP contribution in [-0.4, -0.2) is 4.98 Å². The van der Waals surface area contributed by atoms with E-state index in [0.717, 1.165) is 16.8 Å². The van der Waals surface area contributed by atoms with E-state index >= 15 is 0 Å². The SMILES string of the molecule is CC(C)(C)c1ccc(-c2cc(-c3ccc(C(C)(C)C)cc3)cc(-c3cccc(-c4cc5c6c(cccc6n4)C=C5)c3)c2)cc1. The standard InChI is InChI=1S/C43H39N/c1-42(2,3)37-19-15-28(16-20-37)34-24-35(29-17-21-38(22-18-29)43(4,5)6)26-36(25-34)31-10-7-11-32(23-31)40-27-33-14-13-30-9-8-12-39(44-40)41(30)33/h7-27H,1-6H3. The Hall–Kier alpha value is -4.75. The molecule has 1 aromatic heterocycles. The average molecular weight is 570 g/mol. The van der Waals surface area contributed by atoms with Crippen molar-refractivity contribution in [3.63, 3.8) is 0 Å². The van der Waals surface area contributed by atoms with Crippen molar-refractivity contribution in [3.05, 3.63) is 138 Å². The second-order valence-electron chi connectivity index (χ2n) is 14.2. The predicted octanol–water partition coefficient (Wildman–Crippen LogP) is 12.0. The molecule has 216 valence electrons. The molecule has 0 unspecified atom stereocenters. The number of rotatable bonds is 4. The first-order valence-electron chi connectivity index (χ1n) is 15.6. The Balaban J connectivity index is 1.34. The molecule has 1 nitrogen and oxygen atoms in total. The van der Waals surface area contributed by atoms with Crippen LogP contribution in [0.3, 0.4) is 0 Å². The van der Waals surface area contributed by atoms with Gasteiger partial charge in [-0.2, -0.15) is 0 Å². The monoisotopic (exact) mass is 569 g/mol. The lowest BCUT2D eigenvalue weighted by Gasteiger charge is -2.20. The summed E-state index contributed by atoms with van der Waals surface area (Å²) in [5.74, 6) is 0. The lowest BCUT2D eigenvalue weighted by atomic mass is 9.85. The minimum Gasteiger partial charge on any atom is -0.248 e. The third-order valence-corrected chi connectivity index (χ3v) is 8.93. The van der Waals surface area contributed by atoms with Crippen LogP contribution in [0, 0.1) is 0 Å². The van der Waals surface area contributed by atoms with Crippen LogP contribution in [0.5, 0.6) is 0 Å². The first-order valence-corrected chi connectivity index (χ1v) is 15.6. The van der Waals surface area contributed by atoms with Crippen LogP contribution in [0.2, 0.25) is 0 Å². The van der Waals surface area contributed by atoms with Crippen LogP contribution in [-0.2, 0) is 10.8 Å². The fourth-order valence-corrected chi connectivity index (χ4v) is 6.26. The molecule has 0 spiro atoms.